The van der Waals surface area contributed by atoms with E-state index in [0.29, 0.717) is 12.0 Å². The largest absolute Gasteiger partial charge is 0.573 e. The first-order valence-corrected chi connectivity index (χ1v) is 8.80. The Balaban J connectivity index is 1.57. The minimum absolute atomic E-state index is 0.0204. The van der Waals surface area contributed by atoms with Crippen LogP contribution in [0, 0.1) is 0 Å². The van der Waals surface area contributed by atoms with Crippen molar-refractivity contribution in [3.05, 3.63) is 73.6 Å². The Labute approximate surface area is 165 Å². The molecule has 2 N–H and O–H groups in total. The molecule has 11 heteroatoms. The highest BCUT2D eigenvalue weighted by atomic mass is 35.5. The monoisotopic (exact) mass is 424 g/mol. The van der Waals surface area contributed by atoms with Crippen molar-refractivity contribution in [2.75, 3.05) is 0 Å². The maximum Gasteiger partial charge on any atom is 0.573 e. The van der Waals surface area contributed by atoms with Crippen molar-refractivity contribution in [1.82, 2.24) is 20.2 Å². The molecule has 1 saturated carbocycles. The molecule has 2 heterocycles. The molecule has 4 rings (SSSR count). The lowest BCUT2D eigenvalue weighted by Crippen LogP contribution is -2.23. The van der Waals surface area contributed by atoms with Crippen molar-refractivity contribution in [1.29, 1.82) is 0 Å². The van der Waals surface area contributed by atoms with E-state index >= 15 is 0 Å². The van der Waals surface area contributed by atoms with E-state index in [1.54, 1.807) is 18.2 Å². The van der Waals surface area contributed by atoms with Crippen LogP contribution in [0.1, 0.15) is 29.4 Å². The third kappa shape index (κ3) is 4.16. The molecule has 0 bridgehead atoms. The number of hydrogen-bond acceptors (Lipinski definition) is 5. The van der Waals surface area contributed by atoms with Gasteiger partial charge in [-0.1, -0.05) is 23.7 Å². The van der Waals surface area contributed by atoms with Crippen LogP contribution >= 0.6 is 11.6 Å². The number of H-pyrrole nitrogens is 2. The maximum atomic E-state index is 12.3. The van der Waals surface area contributed by atoms with Crippen LogP contribution in [0.4, 0.5) is 13.2 Å². The van der Waals surface area contributed by atoms with E-state index in [4.69, 9.17) is 11.6 Å². The SMILES string of the molecule is O=c1[nH]cc(-c2cc([C@H]3C[C@@H]3c3ccc(OC(F)(F)F)cc3)c(Cl)nn2)c(=O)[nH]1. The van der Waals surface area contributed by atoms with E-state index in [9.17, 15) is 22.8 Å². The first-order chi connectivity index (χ1) is 13.7. The Morgan fingerprint density at radius 2 is 1.83 bits per heavy atom. The van der Waals surface area contributed by atoms with Crippen LogP contribution < -0.4 is 16.0 Å². The van der Waals surface area contributed by atoms with Gasteiger partial charge in [-0.2, -0.15) is 0 Å². The number of nitrogens with one attached hydrogen (secondary N) is 2. The van der Waals surface area contributed by atoms with Gasteiger partial charge in [-0.3, -0.25) is 9.78 Å². The number of nitrogens with zero attached hydrogens (tertiary/aromatic N) is 2. The fraction of sp³-hybridized carbons (Fsp3) is 0.222. The van der Waals surface area contributed by atoms with Gasteiger partial charge < -0.3 is 9.72 Å². The van der Waals surface area contributed by atoms with Gasteiger partial charge in [-0.05, 0) is 47.6 Å². The predicted molar refractivity (Wildman–Crippen MR) is 96.9 cm³/mol. The van der Waals surface area contributed by atoms with Gasteiger partial charge in [0.2, 0.25) is 0 Å². The Hall–Kier alpha value is -3.14. The number of ether oxygens (including phenoxy) is 1. The number of halogens is 4. The van der Waals surface area contributed by atoms with Crippen molar-refractivity contribution in [3.63, 3.8) is 0 Å². The predicted octanol–water partition coefficient (Wildman–Crippen LogP) is 3.34. The molecule has 0 aliphatic heterocycles. The minimum atomic E-state index is -4.74. The number of aromatic amines is 2. The van der Waals surface area contributed by atoms with Crippen molar-refractivity contribution in [3.8, 4) is 17.0 Å². The molecule has 0 saturated heterocycles. The highest BCUT2D eigenvalue weighted by Gasteiger charge is 2.41. The smallest absolute Gasteiger partial charge is 0.406 e. The Morgan fingerprint density at radius 3 is 2.48 bits per heavy atom. The third-order valence-electron chi connectivity index (χ3n) is 4.60. The van der Waals surface area contributed by atoms with Gasteiger partial charge in [0.1, 0.15) is 11.4 Å². The minimum Gasteiger partial charge on any atom is -0.406 e. The number of alkyl halides is 3. The van der Waals surface area contributed by atoms with E-state index in [1.165, 1.54) is 18.3 Å². The van der Waals surface area contributed by atoms with E-state index in [2.05, 4.69) is 24.9 Å². The molecule has 7 nitrogen and oxygen atoms in total. The van der Waals surface area contributed by atoms with Gasteiger partial charge in [-0.15, -0.1) is 23.4 Å². The zero-order chi connectivity index (χ0) is 20.8. The number of rotatable bonds is 4. The average molecular weight is 425 g/mol. The van der Waals surface area contributed by atoms with Crippen LogP contribution in [0.15, 0.2) is 46.1 Å². The quantitative estimate of drug-likeness (QED) is 0.669. The first kappa shape index (κ1) is 19.2. The summed E-state index contributed by atoms with van der Waals surface area (Å²) in [5, 5.41) is 7.97. The summed E-state index contributed by atoms with van der Waals surface area (Å²) in [7, 11) is 0. The second-order valence-corrected chi connectivity index (χ2v) is 6.88. The molecule has 29 heavy (non-hydrogen) atoms. The van der Waals surface area contributed by atoms with Gasteiger partial charge in [0.15, 0.2) is 5.15 Å². The summed E-state index contributed by atoms with van der Waals surface area (Å²) in [6, 6.07) is 7.29. The normalized spacial score (nSPS) is 18.5. The van der Waals surface area contributed by atoms with Gasteiger partial charge in [0.25, 0.3) is 5.56 Å². The van der Waals surface area contributed by atoms with Crippen molar-refractivity contribution < 1.29 is 17.9 Å². The summed E-state index contributed by atoms with van der Waals surface area (Å²) >= 11 is 6.17. The summed E-state index contributed by atoms with van der Waals surface area (Å²) in [5.41, 5.74) is 0.649. The van der Waals surface area contributed by atoms with Gasteiger partial charge in [0, 0.05) is 6.20 Å². The number of aromatic nitrogens is 4. The maximum absolute atomic E-state index is 12.3. The molecular formula is C18H12ClF3N4O3. The summed E-state index contributed by atoms with van der Waals surface area (Å²) in [6.07, 6.45) is -2.78. The van der Waals surface area contributed by atoms with E-state index < -0.39 is 17.6 Å². The molecule has 0 unspecified atom stereocenters. The van der Waals surface area contributed by atoms with Crippen LogP contribution in [-0.4, -0.2) is 26.5 Å². The summed E-state index contributed by atoms with van der Waals surface area (Å²) in [4.78, 5) is 27.6. The zero-order valence-corrected chi connectivity index (χ0v) is 15.2. The molecule has 2 atom stereocenters. The molecular weight excluding hydrogens is 413 g/mol. The molecule has 3 aromatic rings. The van der Waals surface area contributed by atoms with E-state index in [0.717, 1.165) is 5.56 Å². The van der Waals surface area contributed by atoms with Crippen molar-refractivity contribution >= 4 is 11.6 Å². The van der Waals surface area contributed by atoms with Crippen LogP contribution in [0.2, 0.25) is 5.15 Å². The zero-order valence-electron chi connectivity index (χ0n) is 14.5. The first-order valence-electron chi connectivity index (χ1n) is 8.42. The van der Waals surface area contributed by atoms with Gasteiger partial charge >= 0.3 is 12.1 Å². The number of hydrogen-bond donors (Lipinski definition) is 2. The highest BCUT2D eigenvalue weighted by molar-refractivity contribution is 6.30. The van der Waals surface area contributed by atoms with Crippen molar-refractivity contribution in [2.45, 2.75) is 24.6 Å². The molecule has 150 valence electrons. The van der Waals surface area contributed by atoms with Crippen molar-refractivity contribution in [2.24, 2.45) is 0 Å². The Bertz CT molecular complexity index is 1170. The van der Waals surface area contributed by atoms with E-state index in [-0.39, 0.29) is 34.0 Å². The Kier molecular flexibility index (Phi) is 4.65. The molecule has 0 radical (unpaired) electrons. The lowest BCUT2D eigenvalue weighted by Gasteiger charge is -2.09. The molecule has 0 amide bonds. The Morgan fingerprint density at radius 1 is 1.10 bits per heavy atom. The standard InChI is InChI=1S/C18H12ClF3N4O3/c19-15-12(6-14(25-26-15)13-7-23-17(28)24-16(13)27)11-5-10(11)8-1-3-9(4-2-8)29-18(20,21)22/h1-4,6-7,10-11H,5H2,(H2,23,24,27,28)/t10-,11+/m1/s1. The topological polar surface area (TPSA) is 101 Å². The molecule has 2 aromatic heterocycles. The highest BCUT2D eigenvalue weighted by Crippen LogP contribution is 2.56. The van der Waals surface area contributed by atoms with Crippen LogP contribution in [0.25, 0.3) is 11.3 Å². The summed E-state index contributed by atoms with van der Waals surface area (Å²) in [6.45, 7) is 0. The second-order valence-electron chi connectivity index (χ2n) is 6.53. The molecule has 1 aromatic carbocycles. The van der Waals surface area contributed by atoms with Crippen LogP contribution in [-0.2, 0) is 0 Å². The fourth-order valence-corrected chi connectivity index (χ4v) is 3.44. The van der Waals surface area contributed by atoms with Gasteiger partial charge in [0.05, 0.1) is 5.56 Å². The third-order valence-corrected chi connectivity index (χ3v) is 4.90. The summed E-state index contributed by atoms with van der Waals surface area (Å²) in [5.74, 6) is -0.270. The summed E-state index contributed by atoms with van der Waals surface area (Å²) < 4.78 is 40.7. The average Bonchev–Trinajstić information content (AvgIpc) is 3.42. The molecule has 0 spiro atoms. The molecule has 1 aliphatic rings. The lowest BCUT2D eigenvalue weighted by molar-refractivity contribution is -0.274. The van der Waals surface area contributed by atoms with Gasteiger partial charge in [-0.25, -0.2) is 4.79 Å². The fourth-order valence-electron chi connectivity index (χ4n) is 3.21. The van der Waals surface area contributed by atoms with E-state index in [1.807, 2.05) is 0 Å². The van der Waals surface area contributed by atoms with Crippen LogP contribution in [0.3, 0.4) is 0 Å². The molecule has 1 fully saturated rings. The second kappa shape index (κ2) is 7.03. The number of benzene rings is 1. The molecule has 1 aliphatic carbocycles. The van der Waals surface area contributed by atoms with Crippen LogP contribution in [0.5, 0.6) is 5.75 Å². The lowest BCUT2D eigenvalue weighted by atomic mass is 10.0.